The highest BCUT2D eigenvalue weighted by atomic mass is 16.3. The van der Waals surface area contributed by atoms with Crippen molar-refractivity contribution < 1.29 is 9.90 Å². The van der Waals surface area contributed by atoms with Crippen LogP contribution < -0.4 is 5.73 Å². The van der Waals surface area contributed by atoms with Crippen molar-refractivity contribution in [3.63, 3.8) is 0 Å². The summed E-state index contributed by atoms with van der Waals surface area (Å²) in [4.78, 5) is 27.4. The number of nitrogen functional groups attached to an aromatic ring is 1. The van der Waals surface area contributed by atoms with E-state index in [0.29, 0.717) is 30.0 Å². The highest BCUT2D eigenvalue weighted by Crippen LogP contribution is 2.40. The summed E-state index contributed by atoms with van der Waals surface area (Å²) in [5.41, 5.74) is 9.30. The summed E-state index contributed by atoms with van der Waals surface area (Å²) in [6, 6.07) is 5.57. The summed E-state index contributed by atoms with van der Waals surface area (Å²) in [5.74, 6) is 0.484. The van der Waals surface area contributed by atoms with Crippen LogP contribution in [0.4, 0.5) is 5.82 Å². The molecule has 4 N–H and O–H groups in total. The fraction of sp³-hybridized carbons (Fsp3) is 0.391. The fourth-order valence-corrected chi connectivity index (χ4v) is 4.19. The van der Waals surface area contributed by atoms with Gasteiger partial charge in [-0.2, -0.15) is 14.7 Å². The number of aromatic amines is 1. The normalized spacial score (nSPS) is 15.7. The molecule has 1 amide bonds. The van der Waals surface area contributed by atoms with Crippen molar-refractivity contribution in [3.8, 4) is 11.1 Å². The summed E-state index contributed by atoms with van der Waals surface area (Å²) < 4.78 is 1.61. The van der Waals surface area contributed by atoms with Crippen molar-refractivity contribution in [3.05, 3.63) is 54.1 Å². The van der Waals surface area contributed by atoms with Crippen molar-refractivity contribution in [2.75, 3.05) is 12.8 Å². The lowest BCUT2D eigenvalue weighted by Gasteiger charge is -2.35. The van der Waals surface area contributed by atoms with E-state index in [9.17, 15) is 9.90 Å². The minimum absolute atomic E-state index is 0.0460. The second-order valence-electron chi connectivity index (χ2n) is 8.92. The van der Waals surface area contributed by atoms with Crippen LogP contribution in [0.3, 0.4) is 0 Å². The molecule has 1 fully saturated rings. The van der Waals surface area contributed by atoms with E-state index in [1.807, 2.05) is 25.1 Å². The van der Waals surface area contributed by atoms with E-state index >= 15 is 0 Å². The van der Waals surface area contributed by atoms with E-state index in [2.05, 4.69) is 25.3 Å². The maximum atomic E-state index is 12.5. The van der Waals surface area contributed by atoms with E-state index < -0.39 is 5.60 Å². The molecule has 5 rings (SSSR count). The van der Waals surface area contributed by atoms with Gasteiger partial charge in [-0.1, -0.05) is 6.07 Å². The second-order valence-corrected chi connectivity index (χ2v) is 8.92. The maximum absolute atomic E-state index is 12.5. The third-order valence-electron chi connectivity index (χ3n) is 6.70. The largest absolute Gasteiger partial charge is 0.384 e. The minimum atomic E-state index is -0.797. The average molecular weight is 462 g/mol. The first-order chi connectivity index (χ1) is 16.4. The number of anilines is 1. The zero-order valence-corrected chi connectivity index (χ0v) is 19.1. The van der Waals surface area contributed by atoms with Gasteiger partial charge in [-0.15, -0.1) is 0 Å². The first kappa shape index (κ1) is 22.0. The van der Waals surface area contributed by atoms with E-state index in [4.69, 9.17) is 10.7 Å². The Labute approximate surface area is 196 Å². The third kappa shape index (κ3) is 3.87. The summed E-state index contributed by atoms with van der Waals surface area (Å²) in [6.45, 7) is 1.98. The van der Waals surface area contributed by atoms with Gasteiger partial charge in [0.15, 0.2) is 5.65 Å². The van der Waals surface area contributed by atoms with Gasteiger partial charge in [-0.25, -0.2) is 9.97 Å². The van der Waals surface area contributed by atoms with Gasteiger partial charge in [0.1, 0.15) is 17.7 Å². The summed E-state index contributed by atoms with van der Waals surface area (Å²) in [6.07, 6.45) is 8.62. The number of rotatable bonds is 7. The highest BCUT2D eigenvalue weighted by Gasteiger charge is 2.37. The standard InChI is InChI=1S/C23H27N9O2/c1-14(31(2)22(33)20-26-13-27-30-20)4-6-16-10-19(24)32-21(29-16)17(12-28-32)15-5-7-18(25-11-15)23(34)8-3-9-23/h5,7,10-14,34H,3-4,6,8-9,24H2,1-2H3,(H,26,27,30). The van der Waals surface area contributed by atoms with Gasteiger partial charge in [-0.3, -0.25) is 14.9 Å². The van der Waals surface area contributed by atoms with Crippen LogP contribution in [0.1, 0.15) is 54.6 Å². The molecule has 0 radical (unpaired) electrons. The smallest absolute Gasteiger partial charge is 0.291 e. The predicted molar refractivity (Wildman–Crippen MR) is 125 cm³/mol. The quantitative estimate of drug-likeness (QED) is 0.378. The number of fused-ring (bicyclic) bond motifs is 1. The molecule has 1 unspecified atom stereocenters. The molecule has 1 aliphatic rings. The van der Waals surface area contributed by atoms with Gasteiger partial charge < -0.3 is 15.7 Å². The Bertz CT molecular complexity index is 1310. The van der Waals surface area contributed by atoms with Crippen LogP contribution in [0.25, 0.3) is 16.8 Å². The average Bonchev–Trinajstić information content (AvgIpc) is 3.51. The predicted octanol–water partition coefficient (Wildman–Crippen LogP) is 1.96. The van der Waals surface area contributed by atoms with E-state index in [-0.39, 0.29) is 17.8 Å². The number of carbonyl (C=O) groups excluding carboxylic acids is 1. The third-order valence-corrected chi connectivity index (χ3v) is 6.70. The molecule has 176 valence electrons. The van der Waals surface area contributed by atoms with Crippen molar-refractivity contribution in [2.45, 2.75) is 50.7 Å². The zero-order chi connectivity index (χ0) is 23.9. The van der Waals surface area contributed by atoms with E-state index in [1.54, 1.807) is 28.9 Å². The molecule has 0 aliphatic heterocycles. The number of amides is 1. The number of aryl methyl sites for hydroxylation is 1. The van der Waals surface area contributed by atoms with Crippen LogP contribution in [0.15, 0.2) is 36.9 Å². The van der Waals surface area contributed by atoms with Gasteiger partial charge in [0.25, 0.3) is 5.91 Å². The summed E-state index contributed by atoms with van der Waals surface area (Å²) >= 11 is 0. The number of nitrogens with one attached hydrogen (secondary N) is 1. The van der Waals surface area contributed by atoms with Crippen LogP contribution in [-0.2, 0) is 12.0 Å². The van der Waals surface area contributed by atoms with Gasteiger partial charge in [0.05, 0.1) is 11.9 Å². The molecule has 0 saturated heterocycles. The fourth-order valence-electron chi connectivity index (χ4n) is 4.19. The van der Waals surface area contributed by atoms with E-state index in [0.717, 1.165) is 36.1 Å². The Morgan fingerprint density at radius 1 is 1.32 bits per heavy atom. The Balaban J connectivity index is 1.34. The van der Waals surface area contributed by atoms with E-state index in [1.165, 1.54) is 6.33 Å². The van der Waals surface area contributed by atoms with Gasteiger partial charge in [-0.05, 0) is 45.1 Å². The summed E-state index contributed by atoms with van der Waals surface area (Å²) in [5, 5.41) is 21.3. The molecule has 1 saturated carbocycles. The molecular formula is C23H27N9O2. The number of H-pyrrole nitrogens is 1. The molecule has 34 heavy (non-hydrogen) atoms. The number of carbonyl (C=O) groups is 1. The first-order valence-corrected chi connectivity index (χ1v) is 11.3. The van der Waals surface area contributed by atoms with Gasteiger partial charge in [0.2, 0.25) is 5.82 Å². The monoisotopic (exact) mass is 461 g/mol. The SMILES string of the molecule is CC(CCc1cc(N)n2ncc(-c3ccc(C4(O)CCC4)nc3)c2n1)N(C)C(=O)c1ncn[nH]1. The number of hydrogen-bond acceptors (Lipinski definition) is 8. The van der Waals surface area contributed by atoms with Crippen molar-refractivity contribution in [2.24, 2.45) is 0 Å². The van der Waals surface area contributed by atoms with Crippen LogP contribution >= 0.6 is 0 Å². The maximum Gasteiger partial charge on any atom is 0.291 e. The Morgan fingerprint density at radius 2 is 2.15 bits per heavy atom. The molecule has 0 aromatic carbocycles. The molecular weight excluding hydrogens is 434 g/mol. The van der Waals surface area contributed by atoms with Gasteiger partial charge in [0, 0.05) is 42.2 Å². The molecule has 1 atom stereocenters. The van der Waals surface area contributed by atoms with Gasteiger partial charge >= 0.3 is 0 Å². The van der Waals surface area contributed by atoms with Crippen LogP contribution in [-0.4, -0.2) is 63.8 Å². The highest BCUT2D eigenvalue weighted by molar-refractivity contribution is 5.90. The number of aromatic nitrogens is 7. The number of nitrogens with zero attached hydrogens (tertiary/aromatic N) is 7. The summed E-state index contributed by atoms with van der Waals surface area (Å²) in [7, 11) is 1.74. The minimum Gasteiger partial charge on any atom is -0.384 e. The lowest BCUT2D eigenvalue weighted by atomic mass is 9.77. The number of aliphatic hydroxyl groups is 1. The molecule has 4 aromatic heterocycles. The number of pyridine rings is 1. The topological polar surface area (TPSA) is 151 Å². The zero-order valence-electron chi connectivity index (χ0n) is 19.1. The van der Waals surface area contributed by atoms with Crippen LogP contribution in [0.2, 0.25) is 0 Å². The molecule has 4 aromatic rings. The first-order valence-electron chi connectivity index (χ1n) is 11.3. The van der Waals surface area contributed by atoms with Crippen LogP contribution in [0.5, 0.6) is 0 Å². The Hall–Kier alpha value is -3.86. The van der Waals surface area contributed by atoms with Crippen molar-refractivity contribution in [1.82, 2.24) is 39.7 Å². The number of nitrogens with two attached hydrogens (primary N) is 1. The van der Waals surface area contributed by atoms with Crippen molar-refractivity contribution >= 4 is 17.4 Å². The van der Waals surface area contributed by atoms with Crippen molar-refractivity contribution in [1.29, 1.82) is 0 Å². The lowest BCUT2D eigenvalue weighted by molar-refractivity contribution is -0.0426. The molecule has 11 heteroatoms. The number of hydrogen-bond donors (Lipinski definition) is 3. The second kappa shape index (κ2) is 8.49. The molecule has 4 heterocycles. The molecule has 11 nitrogen and oxygen atoms in total. The van der Waals surface area contributed by atoms with Crippen LogP contribution in [0, 0.1) is 0 Å². The Kier molecular flexibility index (Phi) is 5.48. The lowest BCUT2D eigenvalue weighted by Crippen LogP contribution is -2.36. The molecule has 0 bridgehead atoms. The Morgan fingerprint density at radius 3 is 2.79 bits per heavy atom. The molecule has 1 aliphatic carbocycles. The molecule has 0 spiro atoms.